The highest BCUT2D eigenvalue weighted by Gasteiger charge is 2.26. The Morgan fingerprint density at radius 3 is 3.04 bits per heavy atom. The summed E-state index contributed by atoms with van der Waals surface area (Å²) in [7, 11) is 0. The smallest absolute Gasteiger partial charge is 0.227 e. The summed E-state index contributed by atoms with van der Waals surface area (Å²) in [6.07, 6.45) is 4.74. The Kier molecular flexibility index (Phi) is 4.91. The summed E-state index contributed by atoms with van der Waals surface area (Å²) in [5.41, 5.74) is 3.38. The third kappa shape index (κ3) is 3.52. The molecule has 4 nitrogen and oxygen atoms in total. The fourth-order valence-corrected chi connectivity index (χ4v) is 3.16. The Morgan fingerprint density at radius 1 is 1.30 bits per heavy atom. The molecule has 23 heavy (non-hydrogen) atoms. The average molecular weight is 310 g/mol. The van der Waals surface area contributed by atoms with E-state index in [-0.39, 0.29) is 11.8 Å². The summed E-state index contributed by atoms with van der Waals surface area (Å²) >= 11 is 0. The number of aryl methyl sites for hydroxylation is 1. The zero-order chi connectivity index (χ0) is 16.1. The van der Waals surface area contributed by atoms with E-state index in [1.54, 1.807) is 6.20 Å². The Labute approximate surface area is 136 Å². The number of rotatable bonds is 5. The van der Waals surface area contributed by atoms with Crippen LogP contribution in [0.1, 0.15) is 42.4 Å². The van der Waals surface area contributed by atoms with E-state index in [1.165, 1.54) is 11.1 Å². The second kappa shape index (κ2) is 7.27. The van der Waals surface area contributed by atoms with E-state index >= 15 is 0 Å². The van der Waals surface area contributed by atoms with E-state index in [9.17, 15) is 4.79 Å². The zero-order valence-electron chi connectivity index (χ0n) is 13.4. The van der Waals surface area contributed by atoms with Crippen LogP contribution in [0.3, 0.4) is 0 Å². The highest BCUT2D eigenvalue weighted by molar-refractivity contribution is 5.84. The first-order chi connectivity index (χ1) is 11.3. The SMILES string of the molecule is CCOc1ncccc1CNC(=O)C1CCCc2ccccc21. The molecule has 0 radical (unpaired) electrons. The van der Waals surface area contributed by atoms with Crippen LogP contribution >= 0.6 is 0 Å². The molecule has 120 valence electrons. The summed E-state index contributed by atoms with van der Waals surface area (Å²) < 4.78 is 5.51. The molecule has 0 saturated heterocycles. The van der Waals surface area contributed by atoms with Crippen molar-refractivity contribution >= 4 is 5.91 Å². The number of pyridine rings is 1. The first-order valence-corrected chi connectivity index (χ1v) is 8.21. The van der Waals surface area contributed by atoms with Crippen LogP contribution in [0.2, 0.25) is 0 Å². The predicted octanol–water partition coefficient (Wildman–Crippen LogP) is 3.22. The van der Waals surface area contributed by atoms with Crippen LogP contribution in [0.5, 0.6) is 5.88 Å². The molecular weight excluding hydrogens is 288 g/mol. The van der Waals surface area contributed by atoms with Crippen LogP contribution in [-0.4, -0.2) is 17.5 Å². The molecule has 2 aromatic rings. The van der Waals surface area contributed by atoms with Gasteiger partial charge in [0.15, 0.2) is 0 Å². The fraction of sp³-hybridized carbons (Fsp3) is 0.368. The second-order valence-electron chi connectivity index (χ2n) is 5.76. The standard InChI is InChI=1S/C19H22N2O2/c1-2-23-19-15(9-6-12-20-19)13-21-18(22)17-11-5-8-14-7-3-4-10-16(14)17/h3-4,6-7,9-10,12,17H,2,5,8,11,13H2,1H3,(H,21,22). The van der Waals surface area contributed by atoms with Crippen molar-refractivity contribution in [3.05, 3.63) is 59.3 Å². The fourth-order valence-electron chi connectivity index (χ4n) is 3.16. The summed E-state index contributed by atoms with van der Waals surface area (Å²) in [5.74, 6) is 0.634. The summed E-state index contributed by atoms with van der Waals surface area (Å²) in [4.78, 5) is 16.9. The molecule has 0 bridgehead atoms. The number of carbonyl (C=O) groups is 1. The van der Waals surface area contributed by atoms with E-state index in [0.717, 1.165) is 24.8 Å². The lowest BCUT2D eigenvalue weighted by molar-refractivity contribution is -0.123. The van der Waals surface area contributed by atoms with Gasteiger partial charge in [0.25, 0.3) is 0 Å². The summed E-state index contributed by atoms with van der Waals surface area (Å²) in [6, 6.07) is 12.1. The van der Waals surface area contributed by atoms with Gasteiger partial charge in [0.2, 0.25) is 11.8 Å². The number of nitrogens with zero attached hydrogens (tertiary/aromatic N) is 1. The van der Waals surface area contributed by atoms with E-state index in [1.807, 2.05) is 31.2 Å². The molecule has 3 rings (SSSR count). The van der Waals surface area contributed by atoms with Gasteiger partial charge in [-0.25, -0.2) is 4.98 Å². The predicted molar refractivity (Wildman–Crippen MR) is 89.4 cm³/mol. The Balaban J connectivity index is 1.69. The molecule has 1 unspecified atom stereocenters. The topological polar surface area (TPSA) is 51.2 Å². The number of fused-ring (bicyclic) bond motifs is 1. The van der Waals surface area contributed by atoms with Crippen LogP contribution < -0.4 is 10.1 Å². The number of hydrogen-bond acceptors (Lipinski definition) is 3. The lowest BCUT2D eigenvalue weighted by Gasteiger charge is -2.24. The molecule has 0 aliphatic heterocycles. The minimum atomic E-state index is -0.0489. The first kappa shape index (κ1) is 15.5. The van der Waals surface area contributed by atoms with E-state index in [4.69, 9.17) is 4.74 Å². The molecular formula is C19H22N2O2. The lowest BCUT2D eigenvalue weighted by atomic mass is 9.82. The number of hydrogen-bond donors (Lipinski definition) is 1. The van der Waals surface area contributed by atoms with Crippen LogP contribution in [0.4, 0.5) is 0 Å². The molecule has 1 aliphatic rings. The van der Waals surface area contributed by atoms with Crippen LogP contribution in [0.25, 0.3) is 0 Å². The normalized spacial score (nSPS) is 16.5. The van der Waals surface area contributed by atoms with Crippen molar-refractivity contribution in [1.29, 1.82) is 0 Å². The van der Waals surface area contributed by atoms with Crippen molar-refractivity contribution in [2.45, 2.75) is 38.6 Å². The Hall–Kier alpha value is -2.36. The summed E-state index contributed by atoms with van der Waals surface area (Å²) in [5, 5.41) is 3.05. The second-order valence-corrected chi connectivity index (χ2v) is 5.76. The third-order valence-electron chi connectivity index (χ3n) is 4.27. The molecule has 1 amide bonds. The van der Waals surface area contributed by atoms with Crippen LogP contribution in [0, 0.1) is 0 Å². The Morgan fingerprint density at radius 2 is 2.17 bits per heavy atom. The van der Waals surface area contributed by atoms with Gasteiger partial charge in [-0.05, 0) is 43.4 Å². The molecule has 1 N–H and O–H groups in total. The average Bonchev–Trinajstić information content (AvgIpc) is 2.60. The molecule has 0 saturated carbocycles. The highest BCUT2D eigenvalue weighted by Crippen LogP contribution is 2.31. The molecule has 1 aromatic carbocycles. The Bertz CT molecular complexity index is 685. The highest BCUT2D eigenvalue weighted by atomic mass is 16.5. The van der Waals surface area contributed by atoms with Crippen molar-refractivity contribution in [2.24, 2.45) is 0 Å². The number of ether oxygens (including phenoxy) is 1. The number of nitrogens with one attached hydrogen (secondary N) is 1. The largest absolute Gasteiger partial charge is 0.478 e. The lowest BCUT2D eigenvalue weighted by Crippen LogP contribution is -2.31. The van der Waals surface area contributed by atoms with E-state index < -0.39 is 0 Å². The molecule has 1 aromatic heterocycles. The maximum atomic E-state index is 12.6. The van der Waals surface area contributed by atoms with Gasteiger partial charge in [-0.15, -0.1) is 0 Å². The number of aromatic nitrogens is 1. The number of benzene rings is 1. The van der Waals surface area contributed by atoms with E-state index in [0.29, 0.717) is 19.0 Å². The molecule has 0 spiro atoms. The molecule has 1 atom stereocenters. The molecule has 1 heterocycles. The maximum Gasteiger partial charge on any atom is 0.227 e. The van der Waals surface area contributed by atoms with Crippen molar-refractivity contribution in [1.82, 2.24) is 10.3 Å². The van der Waals surface area contributed by atoms with E-state index in [2.05, 4.69) is 22.4 Å². The van der Waals surface area contributed by atoms with Gasteiger partial charge in [0.1, 0.15) is 0 Å². The molecule has 1 aliphatic carbocycles. The summed E-state index contributed by atoms with van der Waals surface area (Å²) in [6.45, 7) is 2.94. The number of amides is 1. The zero-order valence-corrected chi connectivity index (χ0v) is 13.4. The molecule has 0 fully saturated rings. The van der Waals surface area contributed by atoms with Crippen LogP contribution in [-0.2, 0) is 17.8 Å². The minimum Gasteiger partial charge on any atom is -0.478 e. The van der Waals surface area contributed by atoms with Gasteiger partial charge in [0.05, 0.1) is 12.5 Å². The quantitative estimate of drug-likeness (QED) is 0.922. The van der Waals surface area contributed by atoms with Crippen LogP contribution in [0.15, 0.2) is 42.6 Å². The van der Waals surface area contributed by atoms with Gasteiger partial charge >= 0.3 is 0 Å². The monoisotopic (exact) mass is 310 g/mol. The van der Waals surface area contributed by atoms with Crippen molar-refractivity contribution < 1.29 is 9.53 Å². The van der Waals surface area contributed by atoms with Gasteiger partial charge in [-0.2, -0.15) is 0 Å². The third-order valence-corrected chi connectivity index (χ3v) is 4.27. The van der Waals surface area contributed by atoms with Gasteiger partial charge in [-0.3, -0.25) is 4.79 Å². The first-order valence-electron chi connectivity index (χ1n) is 8.21. The van der Waals surface area contributed by atoms with Gasteiger partial charge in [-0.1, -0.05) is 30.3 Å². The van der Waals surface area contributed by atoms with Crippen molar-refractivity contribution in [3.63, 3.8) is 0 Å². The van der Waals surface area contributed by atoms with Gasteiger partial charge in [0, 0.05) is 18.3 Å². The maximum absolute atomic E-state index is 12.6. The molecule has 4 heteroatoms. The number of carbonyl (C=O) groups excluding carboxylic acids is 1. The van der Waals surface area contributed by atoms with Crippen molar-refractivity contribution in [3.8, 4) is 5.88 Å². The van der Waals surface area contributed by atoms with Gasteiger partial charge < -0.3 is 10.1 Å². The van der Waals surface area contributed by atoms with Crippen molar-refractivity contribution in [2.75, 3.05) is 6.61 Å². The minimum absolute atomic E-state index is 0.0489.